The lowest BCUT2D eigenvalue weighted by Gasteiger charge is -2.41. The van der Waals surface area contributed by atoms with E-state index in [4.69, 9.17) is 9.47 Å². The van der Waals surface area contributed by atoms with Gasteiger partial charge in [0.25, 0.3) is 5.91 Å². The number of hydrogen-bond donors (Lipinski definition) is 0. The number of fused-ring (bicyclic) bond motifs is 3. The summed E-state index contributed by atoms with van der Waals surface area (Å²) in [6, 6.07) is 16.7. The van der Waals surface area contributed by atoms with Crippen LogP contribution in [0, 0.1) is 12.8 Å². The third-order valence-electron chi connectivity index (χ3n) is 7.45. The number of ether oxygens (including phenoxy) is 2. The summed E-state index contributed by atoms with van der Waals surface area (Å²) in [6.07, 6.45) is 5.69. The SMILES string of the molecule is CCCN(CC1C[C@H]2CC[C@@H](C1)N2C(=O)c1ccc(C)cc1)CC1COc2ccccc2O1. The molecule has 4 atom stereocenters. The minimum Gasteiger partial charge on any atom is -0.486 e. The fourth-order valence-corrected chi connectivity index (χ4v) is 6.00. The molecule has 0 N–H and O–H groups in total. The van der Waals surface area contributed by atoms with Gasteiger partial charge in [0, 0.05) is 30.7 Å². The highest BCUT2D eigenvalue weighted by Gasteiger charge is 2.43. The Bertz CT molecular complexity index is 946. The van der Waals surface area contributed by atoms with Crippen LogP contribution in [0.4, 0.5) is 0 Å². The lowest BCUT2D eigenvalue weighted by atomic mass is 9.89. The van der Waals surface area contributed by atoms with Gasteiger partial charge in [-0.1, -0.05) is 36.8 Å². The molecule has 3 heterocycles. The molecule has 2 bridgehead atoms. The first kappa shape index (κ1) is 22.3. The number of piperidine rings is 1. The molecule has 2 aromatic rings. The molecule has 0 aromatic heterocycles. The van der Waals surface area contributed by atoms with Gasteiger partial charge < -0.3 is 14.4 Å². The fourth-order valence-electron chi connectivity index (χ4n) is 6.00. The Labute approximate surface area is 197 Å². The molecule has 2 saturated heterocycles. The van der Waals surface area contributed by atoms with Crippen LogP contribution in [-0.2, 0) is 0 Å². The number of nitrogens with zero attached hydrogens (tertiary/aromatic N) is 2. The van der Waals surface area contributed by atoms with Crippen molar-refractivity contribution in [3.63, 3.8) is 0 Å². The maximum absolute atomic E-state index is 13.3. The van der Waals surface area contributed by atoms with Gasteiger partial charge in [0.2, 0.25) is 0 Å². The van der Waals surface area contributed by atoms with Crippen LogP contribution in [0.1, 0.15) is 54.9 Å². The minimum atomic E-state index is 0.0615. The standard InChI is InChI=1S/C28H36N2O3/c1-3-14-29(18-25-19-32-26-6-4-5-7-27(26)33-25)17-21-15-23-12-13-24(16-21)30(23)28(31)22-10-8-20(2)9-11-22/h4-11,21,23-25H,3,12-19H2,1-2H3/t21?,23-,24+,25?. The van der Waals surface area contributed by atoms with E-state index in [0.29, 0.717) is 24.6 Å². The van der Waals surface area contributed by atoms with Crippen LogP contribution in [0.2, 0.25) is 0 Å². The zero-order valence-corrected chi connectivity index (χ0v) is 19.9. The summed E-state index contributed by atoms with van der Waals surface area (Å²) >= 11 is 0. The summed E-state index contributed by atoms with van der Waals surface area (Å²) < 4.78 is 12.2. The van der Waals surface area contributed by atoms with Gasteiger partial charge in [0.05, 0.1) is 0 Å². The van der Waals surface area contributed by atoms with Crippen molar-refractivity contribution in [2.75, 3.05) is 26.2 Å². The van der Waals surface area contributed by atoms with Gasteiger partial charge in [-0.3, -0.25) is 9.69 Å². The molecule has 176 valence electrons. The predicted molar refractivity (Wildman–Crippen MR) is 130 cm³/mol. The Morgan fingerprint density at radius 2 is 1.70 bits per heavy atom. The Morgan fingerprint density at radius 3 is 2.39 bits per heavy atom. The first-order valence-corrected chi connectivity index (χ1v) is 12.6. The topological polar surface area (TPSA) is 42.0 Å². The molecule has 0 spiro atoms. The quantitative estimate of drug-likeness (QED) is 0.602. The largest absolute Gasteiger partial charge is 0.486 e. The van der Waals surface area contributed by atoms with Crippen molar-refractivity contribution >= 4 is 5.91 Å². The lowest BCUT2D eigenvalue weighted by Crippen LogP contribution is -2.49. The van der Waals surface area contributed by atoms with Crippen molar-refractivity contribution < 1.29 is 14.3 Å². The molecule has 3 aliphatic heterocycles. The number of carbonyl (C=O) groups excluding carboxylic acids is 1. The van der Waals surface area contributed by atoms with E-state index >= 15 is 0 Å². The molecule has 0 aliphatic carbocycles. The Kier molecular flexibility index (Phi) is 6.59. The fraction of sp³-hybridized carbons (Fsp3) is 0.536. The molecular weight excluding hydrogens is 412 g/mol. The molecule has 0 saturated carbocycles. The molecule has 33 heavy (non-hydrogen) atoms. The van der Waals surface area contributed by atoms with Crippen LogP contribution in [-0.4, -0.2) is 60.1 Å². The molecule has 3 aliphatic rings. The van der Waals surface area contributed by atoms with Crippen molar-refractivity contribution in [3.8, 4) is 11.5 Å². The van der Waals surface area contributed by atoms with E-state index in [9.17, 15) is 4.79 Å². The van der Waals surface area contributed by atoms with E-state index < -0.39 is 0 Å². The number of aryl methyl sites for hydroxylation is 1. The maximum Gasteiger partial charge on any atom is 0.254 e. The maximum atomic E-state index is 13.3. The van der Waals surface area contributed by atoms with Crippen LogP contribution in [0.25, 0.3) is 0 Å². The smallest absolute Gasteiger partial charge is 0.254 e. The molecule has 1 amide bonds. The summed E-state index contributed by atoms with van der Waals surface area (Å²) in [5, 5.41) is 0. The molecule has 2 aromatic carbocycles. The van der Waals surface area contributed by atoms with Gasteiger partial charge in [-0.2, -0.15) is 0 Å². The van der Waals surface area contributed by atoms with Gasteiger partial charge in [0.15, 0.2) is 11.5 Å². The van der Waals surface area contributed by atoms with E-state index in [0.717, 1.165) is 68.8 Å². The van der Waals surface area contributed by atoms with Gasteiger partial charge in [-0.05, 0) is 75.8 Å². The molecule has 0 radical (unpaired) electrons. The molecule has 5 rings (SSSR count). The Hall–Kier alpha value is -2.53. The average molecular weight is 449 g/mol. The van der Waals surface area contributed by atoms with Crippen molar-refractivity contribution in [1.29, 1.82) is 0 Å². The second kappa shape index (κ2) is 9.76. The summed E-state index contributed by atoms with van der Waals surface area (Å²) in [5.41, 5.74) is 2.03. The van der Waals surface area contributed by atoms with E-state index in [1.165, 1.54) is 5.56 Å². The number of amides is 1. The molecular formula is C28H36N2O3. The van der Waals surface area contributed by atoms with Crippen molar-refractivity contribution in [2.24, 2.45) is 5.92 Å². The first-order valence-electron chi connectivity index (χ1n) is 12.6. The predicted octanol–water partition coefficient (Wildman–Crippen LogP) is 4.93. The summed E-state index contributed by atoms with van der Waals surface area (Å²) in [5.74, 6) is 2.55. The van der Waals surface area contributed by atoms with Crippen LogP contribution >= 0.6 is 0 Å². The Balaban J connectivity index is 1.20. The lowest BCUT2D eigenvalue weighted by molar-refractivity contribution is 0.0355. The van der Waals surface area contributed by atoms with Gasteiger partial charge in [0.1, 0.15) is 12.7 Å². The monoisotopic (exact) mass is 448 g/mol. The number of hydrogen-bond acceptors (Lipinski definition) is 4. The highest BCUT2D eigenvalue weighted by molar-refractivity contribution is 5.95. The van der Waals surface area contributed by atoms with Crippen molar-refractivity contribution in [1.82, 2.24) is 9.80 Å². The summed E-state index contributed by atoms with van der Waals surface area (Å²) in [7, 11) is 0. The normalized spacial score (nSPS) is 26.0. The van der Waals surface area contributed by atoms with Crippen molar-refractivity contribution in [3.05, 3.63) is 59.7 Å². The molecule has 5 heteroatoms. The summed E-state index contributed by atoms with van der Waals surface area (Å²) in [6.45, 7) is 7.95. The van der Waals surface area contributed by atoms with Crippen molar-refractivity contribution in [2.45, 2.75) is 64.1 Å². The summed E-state index contributed by atoms with van der Waals surface area (Å²) in [4.78, 5) is 18.0. The van der Waals surface area contributed by atoms with Gasteiger partial charge in [-0.15, -0.1) is 0 Å². The second-order valence-corrected chi connectivity index (χ2v) is 10.1. The zero-order valence-electron chi connectivity index (χ0n) is 19.9. The molecule has 2 unspecified atom stereocenters. The number of carbonyl (C=O) groups is 1. The van der Waals surface area contributed by atoms with Crippen LogP contribution < -0.4 is 9.47 Å². The average Bonchev–Trinajstić information content (AvgIpc) is 3.09. The zero-order chi connectivity index (χ0) is 22.8. The minimum absolute atomic E-state index is 0.0615. The van der Waals surface area contributed by atoms with E-state index in [2.05, 4.69) is 23.6 Å². The first-order chi connectivity index (χ1) is 16.1. The number of para-hydroxylation sites is 2. The number of rotatable bonds is 7. The molecule has 2 fully saturated rings. The van der Waals surface area contributed by atoms with Crippen LogP contribution in [0.3, 0.4) is 0 Å². The highest BCUT2D eigenvalue weighted by atomic mass is 16.6. The Morgan fingerprint density at radius 1 is 1.00 bits per heavy atom. The van der Waals surface area contributed by atoms with Crippen LogP contribution in [0.15, 0.2) is 48.5 Å². The second-order valence-electron chi connectivity index (χ2n) is 10.1. The van der Waals surface area contributed by atoms with E-state index in [1.807, 2.05) is 48.5 Å². The highest BCUT2D eigenvalue weighted by Crippen LogP contribution is 2.40. The van der Waals surface area contributed by atoms with Gasteiger partial charge >= 0.3 is 0 Å². The molecule has 5 nitrogen and oxygen atoms in total. The third-order valence-corrected chi connectivity index (χ3v) is 7.45. The van der Waals surface area contributed by atoms with Crippen LogP contribution in [0.5, 0.6) is 11.5 Å². The van der Waals surface area contributed by atoms with E-state index in [-0.39, 0.29) is 12.0 Å². The van der Waals surface area contributed by atoms with E-state index in [1.54, 1.807) is 0 Å². The number of benzene rings is 2. The van der Waals surface area contributed by atoms with Gasteiger partial charge in [-0.25, -0.2) is 0 Å². The third kappa shape index (κ3) is 4.89.